The first-order valence-electron chi connectivity index (χ1n) is 6.29. The Hall–Kier alpha value is -2.20. The minimum atomic E-state index is -0.353. The van der Waals surface area contributed by atoms with Crippen molar-refractivity contribution in [1.82, 2.24) is 5.32 Å². The fourth-order valence-electron chi connectivity index (χ4n) is 1.88. The number of benzene rings is 2. The summed E-state index contributed by atoms with van der Waals surface area (Å²) in [6.07, 6.45) is 0. The molecule has 0 spiro atoms. The van der Waals surface area contributed by atoms with Gasteiger partial charge in [-0.25, -0.2) is 4.39 Å². The Balaban J connectivity index is 1.96. The summed E-state index contributed by atoms with van der Waals surface area (Å²) in [5, 5.41) is 2.80. The van der Waals surface area contributed by atoms with E-state index >= 15 is 0 Å². The van der Waals surface area contributed by atoms with Crippen molar-refractivity contribution in [2.45, 2.75) is 13.2 Å². The van der Waals surface area contributed by atoms with Gasteiger partial charge < -0.3 is 10.1 Å². The molecule has 20 heavy (non-hydrogen) atoms. The molecular formula is C16H16FNO2. The summed E-state index contributed by atoms with van der Waals surface area (Å²) in [6.45, 7) is 0.966. The van der Waals surface area contributed by atoms with Crippen molar-refractivity contribution >= 4 is 5.91 Å². The smallest absolute Gasteiger partial charge is 0.251 e. The monoisotopic (exact) mass is 273 g/mol. The molecule has 0 unspecified atom stereocenters. The van der Waals surface area contributed by atoms with E-state index in [1.807, 2.05) is 24.3 Å². The van der Waals surface area contributed by atoms with E-state index in [1.165, 1.54) is 24.3 Å². The van der Waals surface area contributed by atoms with E-state index in [0.29, 0.717) is 18.7 Å². The lowest BCUT2D eigenvalue weighted by Crippen LogP contribution is -2.22. The van der Waals surface area contributed by atoms with Crippen molar-refractivity contribution in [3.8, 4) is 0 Å². The summed E-state index contributed by atoms with van der Waals surface area (Å²) in [5.74, 6) is -0.573. The molecule has 0 atom stereocenters. The Morgan fingerprint density at radius 1 is 1.15 bits per heavy atom. The highest BCUT2D eigenvalue weighted by Gasteiger charge is 2.05. The van der Waals surface area contributed by atoms with E-state index in [-0.39, 0.29) is 11.7 Å². The van der Waals surface area contributed by atoms with Gasteiger partial charge in [0.25, 0.3) is 5.91 Å². The summed E-state index contributed by atoms with van der Waals surface area (Å²) in [4.78, 5) is 11.9. The number of hydrogen-bond donors (Lipinski definition) is 1. The third-order valence-electron chi connectivity index (χ3n) is 2.86. The molecule has 0 saturated carbocycles. The highest BCUT2D eigenvalue weighted by Crippen LogP contribution is 2.07. The van der Waals surface area contributed by atoms with Gasteiger partial charge >= 0.3 is 0 Å². The number of carbonyl (C=O) groups is 1. The molecule has 0 bridgehead atoms. The summed E-state index contributed by atoms with van der Waals surface area (Å²) in [5.41, 5.74) is 2.50. The second-order valence-electron chi connectivity index (χ2n) is 4.44. The molecule has 4 heteroatoms. The molecule has 0 aliphatic carbocycles. The molecule has 0 saturated heterocycles. The fourth-order valence-corrected chi connectivity index (χ4v) is 1.88. The highest BCUT2D eigenvalue weighted by atomic mass is 19.1. The summed E-state index contributed by atoms with van der Waals surface area (Å²) < 4.78 is 17.8. The Morgan fingerprint density at radius 2 is 1.85 bits per heavy atom. The van der Waals surface area contributed by atoms with E-state index in [0.717, 1.165) is 11.1 Å². The van der Waals surface area contributed by atoms with Crippen molar-refractivity contribution in [3.05, 3.63) is 71.0 Å². The number of ether oxygens (including phenoxy) is 1. The first-order valence-corrected chi connectivity index (χ1v) is 6.29. The average molecular weight is 273 g/mol. The number of methoxy groups -OCH3 is 1. The van der Waals surface area contributed by atoms with E-state index < -0.39 is 0 Å². The van der Waals surface area contributed by atoms with Crippen LogP contribution in [0, 0.1) is 5.82 Å². The number of rotatable bonds is 5. The first-order chi connectivity index (χ1) is 9.69. The van der Waals surface area contributed by atoms with Crippen LogP contribution in [0.15, 0.2) is 48.5 Å². The van der Waals surface area contributed by atoms with Crippen molar-refractivity contribution in [2.75, 3.05) is 7.11 Å². The maximum absolute atomic E-state index is 12.8. The van der Waals surface area contributed by atoms with Gasteiger partial charge in [-0.15, -0.1) is 0 Å². The quantitative estimate of drug-likeness (QED) is 0.909. The SMILES string of the molecule is COCc1cccc(CNC(=O)c2ccc(F)cc2)c1. The van der Waals surface area contributed by atoms with Gasteiger partial charge in [0, 0.05) is 19.2 Å². The third kappa shape index (κ3) is 3.90. The molecular weight excluding hydrogens is 257 g/mol. The van der Waals surface area contributed by atoms with Crippen LogP contribution in [0.5, 0.6) is 0 Å². The largest absolute Gasteiger partial charge is 0.380 e. The molecule has 3 nitrogen and oxygen atoms in total. The summed E-state index contributed by atoms with van der Waals surface area (Å²) in [7, 11) is 1.64. The molecule has 2 aromatic carbocycles. The van der Waals surface area contributed by atoms with Gasteiger partial charge in [0.05, 0.1) is 6.61 Å². The number of halogens is 1. The van der Waals surface area contributed by atoms with Crippen LogP contribution in [-0.2, 0) is 17.9 Å². The van der Waals surface area contributed by atoms with Gasteiger partial charge in [0.2, 0.25) is 0 Å². The van der Waals surface area contributed by atoms with Crippen LogP contribution >= 0.6 is 0 Å². The van der Waals surface area contributed by atoms with Gasteiger partial charge in [0.15, 0.2) is 0 Å². The lowest BCUT2D eigenvalue weighted by Gasteiger charge is -2.07. The van der Waals surface area contributed by atoms with E-state index in [2.05, 4.69) is 5.32 Å². The van der Waals surface area contributed by atoms with Crippen LogP contribution in [0.2, 0.25) is 0 Å². The summed E-state index contributed by atoms with van der Waals surface area (Å²) >= 11 is 0. The number of amides is 1. The molecule has 0 aliphatic heterocycles. The third-order valence-corrected chi connectivity index (χ3v) is 2.86. The number of nitrogens with one attached hydrogen (secondary N) is 1. The Labute approximate surface area is 117 Å². The zero-order chi connectivity index (χ0) is 14.4. The van der Waals surface area contributed by atoms with Crippen molar-refractivity contribution in [1.29, 1.82) is 0 Å². The molecule has 0 aromatic heterocycles. The second kappa shape index (κ2) is 6.82. The minimum Gasteiger partial charge on any atom is -0.380 e. The van der Waals surface area contributed by atoms with Crippen molar-refractivity contribution < 1.29 is 13.9 Å². The van der Waals surface area contributed by atoms with E-state index in [9.17, 15) is 9.18 Å². The van der Waals surface area contributed by atoms with Crippen LogP contribution < -0.4 is 5.32 Å². The predicted octanol–water partition coefficient (Wildman–Crippen LogP) is 2.90. The Kier molecular flexibility index (Phi) is 4.85. The van der Waals surface area contributed by atoms with Gasteiger partial charge in [0.1, 0.15) is 5.82 Å². The molecule has 0 aliphatic rings. The van der Waals surface area contributed by atoms with Crippen molar-refractivity contribution in [3.63, 3.8) is 0 Å². The lowest BCUT2D eigenvalue weighted by atomic mass is 10.1. The summed E-state index contributed by atoms with van der Waals surface area (Å²) in [6, 6.07) is 13.3. The zero-order valence-corrected chi connectivity index (χ0v) is 11.2. The Bertz CT molecular complexity index is 581. The molecule has 1 N–H and O–H groups in total. The zero-order valence-electron chi connectivity index (χ0n) is 11.2. The molecule has 2 aromatic rings. The van der Waals surface area contributed by atoms with Crippen LogP contribution in [0.25, 0.3) is 0 Å². The highest BCUT2D eigenvalue weighted by molar-refractivity contribution is 5.94. The molecule has 1 amide bonds. The normalized spacial score (nSPS) is 10.3. The average Bonchev–Trinajstić information content (AvgIpc) is 2.46. The molecule has 0 radical (unpaired) electrons. The van der Waals surface area contributed by atoms with Crippen LogP contribution in [0.1, 0.15) is 21.5 Å². The van der Waals surface area contributed by atoms with Gasteiger partial charge in [-0.3, -0.25) is 4.79 Å². The maximum atomic E-state index is 12.8. The second-order valence-corrected chi connectivity index (χ2v) is 4.44. The van der Waals surface area contributed by atoms with Gasteiger partial charge in [-0.1, -0.05) is 24.3 Å². The van der Waals surface area contributed by atoms with E-state index in [4.69, 9.17) is 4.74 Å². The maximum Gasteiger partial charge on any atom is 0.251 e. The topological polar surface area (TPSA) is 38.3 Å². The van der Waals surface area contributed by atoms with Gasteiger partial charge in [-0.2, -0.15) is 0 Å². The molecule has 0 fully saturated rings. The molecule has 2 rings (SSSR count). The fraction of sp³-hybridized carbons (Fsp3) is 0.188. The lowest BCUT2D eigenvalue weighted by molar-refractivity contribution is 0.0951. The number of carbonyl (C=O) groups excluding carboxylic acids is 1. The predicted molar refractivity (Wildman–Crippen MR) is 74.7 cm³/mol. The first kappa shape index (κ1) is 14.2. The Morgan fingerprint density at radius 3 is 2.55 bits per heavy atom. The van der Waals surface area contributed by atoms with E-state index in [1.54, 1.807) is 7.11 Å². The molecule has 0 heterocycles. The van der Waals surface area contributed by atoms with Crippen LogP contribution in [-0.4, -0.2) is 13.0 Å². The van der Waals surface area contributed by atoms with Gasteiger partial charge in [-0.05, 0) is 35.4 Å². The molecule has 104 valence electrons. The van der Waals surface area contributed by atoms with Crippen LogP contribution in [0.4, 0.5) is 4.39 Å². The van der Waals surface area contributed by atoms with Crippen molar-refractivity contribution in [2.24, 2.45) is 0 Å². The minimum absolute atomic E-state index is 0.220. The van der Waals surface area contributed by atoms with Crippen LogP contribution in [0.3, 0.4) is 0 Å². The standard InChI is InChI=1S/C16H16FNO2/c1-20-11-13-4-2-3-12(9-13)10-18-16(19)14-5-7-15(17)8-6-14/h2-9H,10-11H2,1H3,(H,18,19). The number of hydrogen-bond acceptors (Lipinski definition) is 2.